The van der Waals surface area contributed by atoms with Crippen LogP contribution in [0.3, 0.4) is 0 Å². The van der Waals surface area contributed by atoms with E-state index in [9.17, 15) is 9.59 Å². The van der Waals surface area contributed by atoms with Crippen molar-refractivity contribution in [1.29, 1.82) is 0 Å². The predicted octanol–water partition coefficient (Wildman–Crippen LogP) is 3.08. The van der Waals surface area contributed by atoms with Crippen molar-refractivity contribution in [2.24, 2.45) is 0 Å². The lowest BCUT2D eigenvalue weighted by Crippen LogP contribution is -2.50. The van der Waals surface area contributed by atoms with Crippen LogP contribution in [0.15, 0.2) is 48.7 Å². The molecule has 5 heterocycles. The minimum absolute atomic E-state index is 0.0928. The second kappa shape index (κ2) is 9.39. The summed E-state index contributed by atoms with van der Waals surface area (Å²) in [6, 6.07) is 11.6. The Balaban J connectivity index is 1.15. The summed E-state index contributed by atoms with van der Waals surface area (Å²) in [7, 11) is 0. The van der Waals surface area contributed by atoms with Crippen LogP contribution in [-0.2, 0) is 4.79 Å². The van der Waals surface area contributed by atoms with Crippen LogP contribution < -0.4 is 10.6 Å². The highest BCUT2D eigenvalue weighted by atomic mass is 16.2. The number of fused-ring (bicyclic) bond motifs is 1. The van der Waals surface area contributed by atoms with E-state index in [0.717, 1.165) is 62.2 Å². The molecule has 2 saturated heterocycles. The molecule has 3 aliphatic rings. The highest BCUT2D eigenvalue weighted by Crippen LogP contribution is 2.31. The molecule has 36 heavy (non-hydrogen) atoms. The molecular weight excluding hydrogens is 454 g/mol. The van der Waals surface area contributed by atoms with Gasteiger partial charge in [0.2, 0.25) is 12.4 Å². The highest BCUT2D eigenvalue weighted by molar-refractivity contribution is 5.95. The van der Waals surface area contributed by atoms with Gasteiger partial charge in [0, 0.05) is 54.7 Å². The summed E-state index contributed by atoms with van der Waals surface area (Å²) in [5, 5.41) is 11.5. The second-order valence-corrected chi connectivity index (χ2v) is 10.0. The Morgan fingerprint density at radius 1 is 1.11 bits per heavy atom. The Kier molecular flexibility index (Phi) is 5.92. The Bertz CT molecular complexity index is 1310. The van der Waals surface area contributed by atoms with E-state index in [4.69, 9.17) is 4.98 Å². The Labute approximate surface area is 210 Å². The van der Waals surface area contributed by atoms with Crippen molar-refractivity contribution in [2.75, 3.05) is 38.0 Å². The molecule has 0 bridgehead atoms. The Hall–Kier alpha value is -3.72. The molecular formula is C27H31N7O2. The van der Waals surface area contributed by atoms with Crippen molar-refractivity contribution in [2.45, 2.75) is 37.6 Å². The standard InChI is InChI=1S/C27H31N7O2/c35-19-32-15-9-20(10-16-32)23-4-3-14-34-24(23)30-26(31-34)29-22-7-5-21(6-8-22)25(36)33-17-12-27(18-33)11-1-2-13-28-27/h3-9,14,19,28H,1-2,10-13,15-18H2,(H,29,31). The predicted molar refractivity (Wildman–Crippen MR) is 138 cm³/mol. The largest absolute Gasteiger partial charge is 0.341 e. The summed E-state index contributed by atoms with van der Waals surface area (Å²) >= 11 is 0. The zero-order valence-electron chi connectivity index (χ0n) is 20.3. The third-order valence-electron chi connectivity index (χ3n) is 7.71. The lowest BCUT2D eigenvalue weighted by atomic mass is 9.88. The van der Waals surface area contributed by atoms with E-state index in [2.05, 4.69) is 21.8 Å². The lowest BCUT2D eigenvalue weighted by molar-refractivity contribution is -0.117. The number of hydrogen-bond donors (Lipinski definition) is 2. The molecule has 3 aliphatic heterocycles. The first-order valence-corrected chi connectivity index (χ1v) is 12.8. The summed E-state index contributed by atoms with van der Waals surface area (Å²) in [6.45, 7) is 3.97. The van der Waals surface area contributed by atoms with Crippen LogP contribution in [0.4, 0.5) is 11.6 Å². The number of hydrogen-bond acceptors (Lipinski definition) is 6. The number of likely N-dealkylation sites (tertiary alicyclic amines) is 1. The number of pyridine rings is 1. The number of nitrogens with one attached hydrogen (secondary N) is 2. The molecule has 1 unspecified atom stereocenters. The smallest absolute Gasteiger partial charge is 0.253 e. The van der Waals surface area contributed by atoms with Gasteiger partial charge in [-0.2, -0.15) is 4.98 Å². The average molecular weight is 486 g/mol. The number of carbonyl (C=O) groups is 2. The number of piperidine rings is 1. The molecule has 9 heteroatoms. The van der Waals surface area contributed by atoms with E-state index >= 15 is 0 Å². The highest BCUT2D eigenvalue weighted by Gasteiger charge is 2.40. The van der Waals surface area contributed by atoms with Crippen LogP contribution >= 0.6 is 0 Å². The van der Waals surface area contributed by atoms with Crippen LogP contribution in [-0.4, -0.2) is 75.0 Å². The minimum Gasteiger partial charge on any atom is -0.341 e. The van der Waals surface area contributed by atoms with Gasteiger partial charge in [-0.15, -0.1) is 5.10 Å². The molecule has 2 amide bonds. The molecule has 2 aromatic heterocycles. The molecule has 6 rings (SSSR count). The quantitative estimate of drug-likeness (QED) is 0.540. The second-order valence-electron chi connectivity index (χ2n) is 10.0. The fourth-order valence-corrected chi connectivity index (χ4v) is 5.67. The van der Waals surface area contributed by atoms with Gasteiger partial charge in [-0.1, -0.05) is 12.5 Å². The molecule has 1 aromatic carbocycles. The molecule has 3 aromatic rings. The fourth-order valence-electron chi connectivity index (χ4n) is 5.67. The number of amides is 2. The van der Waals surface area contributed by atoms with Crippen molar-refractivity contribution in [3.8, 4) is 0 Å². The van der Waals surface area contributed by atoms with E-state index in [1.54, 1.807) is 9.42 Å². The molecule has 0 saturated carbocycles. The van der Waals surface area contributed by atoms with Crippen molar-refractivity contribution in [3.63, 3.8) is 0 Å². The number of anilines is 2. The van der Waals surface area contributed by atoms with E-state index in [1.807, 2.05) is 47.5 Å². The van der Waals surface area contributed by atoms with Gasteiger partial charge in [-0.3, -0.25) is 9.59 Å². The third kappa shape index (κ3) is 4.35. The number of carbonyl (C=O) groups excluding carboxylic acids is 2. The summed E-state index contributed by atoms with van der Waals surface area (Å²) in [5.74, 6) is 0.590. The number of aromatic nitrogens is 3. The molecule has 0 aliphatic carbocycles. The summed E-state index contributed by atoms with van der Waals surface area (Å²) in [4.78, 5) is 32.6. The fraction of sp³-hybridized carbons (Fsp3) is 0.407. The van der Waals surface area contributed by atoms with Crippen LogP contribution in [0.2, 0.25) is 0 Å². The molecule has 9 nitrogen and oxygen atoms in total. The number of benzene rings is 1. The van der Waals surface area contributed by atoms with Gasteiger partial charge in [0.1, 0.15) is 0 Å². The van der Waals surface area contributed by atoms with E-state index in [1.165, 1.54) is 18.4 Å². The van der Waals surface area contributed by atoms with Gasteiger partial charge < -0.3 is 20.4 Å². The van der Waals surface area contributed by atoms with Gasteiger partial charge >= 0.3 is 0 Å². The SMILES string of the molecule is O=CN1CC=C(c2cccn3nc(Nc4ccc(C(=O)N5CCC6(CCCCN6)C5)cc4)nc23)CC1. The van der Waals surface area contributed by atoms with Crippen molar-refractivity contribution < 1.29 is 9.59 Å². The summed E-state index contributed by atoms with van der Waals surface area (Å²) < 4.78 is 1.77. The Morgan fingerprint density at radius 2 is 2.00 bits per heavy atom. The number of nitrogens with zero attached hydrogens (tertiary/aromatic N) is 5. The molecule has 2 fully saturated rings. The van der Waals surface area contributed by atoms with Crippen LogP contribution in [0.25, 0.3) is 11.2 Å². The maximum Gasteiger partial charge on any atom is 0.253 e. The van der Waals surface area contributed by atoms with E-state index in [-0.39, 0.29) is 11.4 Å². The maximum absolute atomic E-state index is 13.1. The normalized spacial score (nSPS) is 22.2. The van der Waals surface area contributed by atoms with Crippen LogP contribution in [0.5, 0.6) is 0 Å². The lowest BCUT2D eigenvalue weighted by Gasteiger charge is -2.34. The molecule has 1 atom stereocenters. The van der Waals surface area contributed by atoms with E-state index < -0.39 is 0 Å². The molecule has 186 valence electrons. The van der Waals surface area contributed by atoms with Crippen molar-refractivity contribution in [1.82, 2.24) is 29.7 Å². The van der Waals surface area contributed by atoms with Crippen LogP contribution in [0.1, 0.15) is 48.0 Å². The van der Waals surface area contributed by atoms with Gasteiger partial charge in [0.25, 0.3) is 5.91 Å². The topological polar surface area (TPSA) is 94.9 Å². The molecule has 1 spiro atoms. The van der Waals surface area contributed by atoms with Crippen LogP contribution in [0, 0.1) is 0 Å². The minimum atomic E-state index is 0.0928. The summed E-state index contributed by atoms with van der Waals surface area (Å²) in [5.41, 5.74) is 4.62. The molecule has 0 radical (unpaired) electrons. The van der Waals surface area contributed by atoms with Gasteiger partial charge in [-0.05, 0) is 74.2 Å². The first kappa shape index (κ1) is 22.7. The van der Waals surface area contributed by atoms with E-state index in [0.29, 0.717) is 24.6 Å². The van der Waals surface area contributed by atoms with Crippen molar-refractivity contribution in [3.05, 3.63) is 59.8 Å². The average Bonchev–Trinajstić information content (AvgIpc) is 3.53. The zero-order valence-corrected chi connectivity index (χ0v) is 20.3. The van der Waals surface area contributed by atoms with Gasteiger partial charge in [0.05, 0.1) is 0 Å². The first-order valence-electron chi connectivity index (χ1n) is 12.8. The monoisotopic (exact) mass is 485 g/mol. The Morgan fingerprint density at radius 3 is 2.75 bits per heavy atom. The third-order valence-corrected chi connectivity index (χ3v) is 7.71. The van der Waals surface area contributed by atoms with Crippen molar-refractivity contribution >= 4 is 35.2 Å². The number of rotatable bonds is 5. The maximum atomic E-state index is 13.1. The van der Waals surface area contributed by atoms with Gasteiger partial charge in [-0.25, -0.2) is 4.52 Å². The van der Waals surface area contributed by atoms with Gasteiger partial charge in [0.15, 0.2) is 5.65 Å². The molecule has 2 N–H and O–H groups in total. The zero-order chi connectivity index (χ0) is 24.5. The first-order chi connectivity index (χ1) is 17.6. The summed E-state index contributed by atoms with van der Waals surface area (Å²) in [6.07, 6.45) is 10.3.